The van der Waals surface area contributed by atoms with E-state index in [9.17, 15) is 10.2 Å². The van der Waals surface area contributed by atoms with Gasteiger partial charge in [0.05, 0.1) is 16.9 Å². The number of hydrogen-bond donors (Lipinski definition) is 2. The SMILES string of the molecule is Cc1cc(Cl)ccc1C1(O)CCN(CC/C=C2\c3cc(C(C)(C)O)ccc3OCc3ncccc32)CC1. The second kappa shape index (κ2) is 10.2. The van der Waals surface area contributed by atoms with E-state index in [1.54, 1.807) is 20.0 Å². The highest BCUT2D eigenvalue weighted by molar-refractivity contribution is 6.30. The molecule has 1 aromatic heterocycles. The highest BCUT2D eigenvalue weighted by Crippen LogP contribution is 2.39. The molecule has 5 rings (SSSR count). The van der Waals surface area contributed by atoms with Crippen LogP contribution in [0, 0.1) is 6.92 Å². The number of aryl methyl sites for hydroxylation is 1. The van der Waals surface area contributed by atoms with Crippen LogP contribution in [0.1, 0.15) is 66.6 Å². The first kappa shape index (κ1) is 25.9. The minimum atomic E-state index is -0.947. The summed E-state index contributed by atoms with van der Waals surface area (Å²) < 4.78 is 6.12. The van der Waals surface area contributed by atoms with Gasteiger partial charge in [0.15, 0.2) is 0 Å². The number of aliphatic hydroxyl groups is 2. The number of aromatic nitrogens is 1. The van der Waals surface area contributed by atoms with Crippen LogP contribution < -0.4 is 4.74 Å². The Hall–Kier alpha value is -2.70. The Bertz CT molecular complexity index is 1320. The van der Waals surface area contributed by atoms with E-state index in [1.165, 1.54) is 0 Å². The molecule has 6 heteroatoms. The van der Waals surface area contributed by atoms with Crippen molar-refractivity contribution in [2.45, 2.75) is 57.8 Å². The molecule has 2 aliphatic heterocycles. The first-order valence-electron chi connectivity index (χ1n) is 13.0. The van der Waals surface area contributed by atoms with E-state index in [0.29, 0.717) is 24.5 Å². The van der Waals surface area contributed by atoms with Gasteiger partial charge in [-0.05, 0) is 92.6 Å². The third kappa shape index (κ3) is 5.46. The van der Waals surface area contributed by atoms with Gasteiger partial charge in [-0.3, -0.25) is 4.98 Å². The number of hydrogen-bond acceptors (Lipinski definition) is 5. The Morgan fingerprint density at radius 3 is 2.62 bits per heavy atom. The van der Waals surface area contributed by atoms with Crippen LogP contribution in [0.2, 0.25) is 5.02 Å². The molecule has 0 radical (unpaired) electrons. The summed E-state index contributed by atoms with van der Waals surface area (Å²) in [5.41, 5.74) is 5.18. The molecule has 2 N–H and O–H groups in total. The molecule has 5 nitrogen and oxygen atoms in total. The fourth-order valence-electron chi connectivity index (χ4n) is 5.51. The predicted molar refractivity (Wildman–Crippen MR) is 148 cm³/mol. The number of ether oxygens (including phenoxy) is 1. The lowest BCUT2D eigenvalue weighted by Gasteiger charge is -2.39. The number of halogens is 1. The van der Waals surface area contributed by atoms with Crippen molar-refractivity contribution in [1.82, 2.24) is 9.88 Å². The van der Waals surface area contributed by atoms with Crippen LogP contribution in [0.15, 0.2) is 60.8 Å². The molecule has 0 unspecified atom stereocenters. The van der Waals surface area contributed by atoms with Crippen LogP contribution in [-0.2, 0) is 17.8 Å². The molecule has 2 aromatic carbocycles. The number of fused-ring (bicyclic) bond motifs is 2. The van der Waals surface area contributed by atoms with E-state index < -0.39 is 11.2 Å². The summed E-state index contributed by atoms with van der Waals surface area (Å²) in [7, 11) is 0. The summed E-state index contributed by atoms with van der Waals surface area (Å²) in [5, 5.41) is 22.7. The molecule has 0 spiro atoms. The van der Waals surface area contributed by atoms with Crippen LogP contribution in [0.3, 0.4) is 0 Å². The Labute approximate surface area is 224 Å². The van der Waals surface area contributed by atoms with Gasteiger partial charge in [-0.25, -0.2) is 0 Å². The summed E-state index contributed by atoms with van der Waals surface area (Å²) in [5.74, 6) is 0.804. The lowest BCUT2D eigenvalue weighted by atomic mass is 9.82. The van der Waals surface area contributed by atoms with Gasteiger partial charge in [0.25, 0.3) is 0 Å². The maximum Gasteiger partial charge on any atom is 0.131 e. The number of benzene rings is 2. The molecule has 0 amide bonds. The van der Waals surface area contributed by atoms with Gasteiger partial charge in [-0.1, -0.05) is 35.9 Å². The highest BCUT2D eigenvalue weighted by Gasteiger charge is 2.35. The number of nitrogens with zero attached hydrogens (tertiary/aromatic N) is 2. The molecule has 1 saturated heterocycles. The van der Waals surface area contributed by atoms with Crippen LogP contribution in [-0.4, -0.2) is 39.7 Å². The largest absolute Gasteiger partial charge is 0.487 e. The van der Waals surface area contributed by atoms with Crippen LogP contribution in [0.25, 0.3) is 5.57 Å². The zero-order chi connectivity index (χ0) is 26.2. The van der Waals surface area contributed by atoms with Crippen molar-refractivity contribution in [1.29, 1.82) is 0 Å². The number of likely N-dealkylation sites (tertiary alicyclic amines) is 1. The second-order valence-corrected chi connectivity index (χ2v) is 11.2. The standard InChI is InChI=1S/C31H35ClN2O3/c1-21-18-23(32)9-10-27(21)31(36)12-16-34(17-13-31)15-5-7-24-25-6-4-14-33-28(25)20-37-29-11-8-22(19-26(24)29)30(2,3)35/h4,6-11,14,18-19,35-36H,5,12-13,15-17,20H2,1-3H3/b24-7-. The molecule has 0 atom stereocenters. The lowest BCUT2D eigenvalue weighted by molar-refractivity contribution is -0.0259. The predicted octanol–water partition coefficient (Wildman–Crippen LogP) is 5.97. The van der Waals surface area contributed by atoms with Crippen LogP contribution in [0.4, 0.5) is 0 Å². The molecule has 1 fully saturated rings. The second-order valence-electron chi connectivity index (χ2n) is 10.8. The van der Waals surface area contributed by atoms with Gasteiger partial charge >= 0.3 is 0 Å². The summed E-state index contributed by atoms with van der Waals surface area (Å²) in [6.07, 6.45) is 6.32. The van der Waals surface area contributed by atoms with Gasteiger partial charge in [-0.2, -0.15) is 0 Å². The average molecular weight is 519 g/mol. The van der Waals surface area contributed by atoms with Crippen LogP contribution >= 0.6 is 11.6 Å². The molecule has 3 aromatic rings. The molecule has 0 saturated carbocycles. The summed E-state index contributed by atoms with van der Waals surface area (Å²) in [6.45, 7) is 8.60. The van der Waals surface area contributed by atoms with Crippen LogP contribution in [0.5, 0.6) is 5.75 Å². The zero-order valence-corrected chi connectivity index (χ0v) is 22.6. The van der Waals surface area contributed by atoms with E-state index in [2.05, 4.69) is 22.0 Å². The number of rotatable bonds is 5. The maximum absolute atomic E-state index is 11.4. The molecule has 37 heavy (non-hydrogen) atoms. The fraction of sp³-hybridized carbons (Fsp3) is 0.387. The van der Waals surface area contributed by atoms with E-state index in [4.69, 9.17) is 16.3 Å². The third-order valence-electron chi connectivity index (χ3n) is 7.69. The molecular formula is C31H35ClN2O3. The average Bonchev–Trinajstić information content (AvgIpc) is 3.01. The van der Waals surface area contributed by atoms with Crippen molar-refractivity contribution in [3.63, 3.8) is 0 Å². The van der Waals surface area contributed by atoms with Crippen molar-refractivity contribution >= 4 is 17.2 Å². The summed E-state index contributed by atoms with van der Waals surface area (Å²) in [4.78, 5) is 7.00. The van der Waals surface area contributed by atoms with Crippen molar-refractivity contribution in [3.8, 4) is 5.75 Å². The highest BCUT2D eigenvalue weighted by atomic mass is 35.5. The minimum Gasteiger partial charge on any atom is -0.487 e. The van der Waals surface area contributed by atoms with Crippen molar-refractivity contribution in [3.05, 3.63) is 99.3 Å². The van der Waals surface area contributed by atoms with Gasteiger partial charge < -0.3 is 19.8 Å². The van der Waals surface area contributed by atoms with E-state index >= 15 is 0 Å². The molecule has 3 heterocycles. The molecular weight excluding hydrogens is 484 g/mol. The Morgan fingerprint density at radius 1 is 1.11 bits per heavy atom. The van der Waals surface area contributed by atoms with Gasteiger partial charge in [-0.15, -0.1) is 0 Å². The third-order valence-corrected chi connectivity index (χ3v) is 7.92. The van der Waals surface area contributed by atoms with Gasteiger partial charge in [0.2, 0.25) is 0 Å². The first-order chi connectivity index (χ1) is 17.6. The Morgan fingerprint density at radius 2 is 1.89 bits per heavy atom. The normalized spacial score (nSPS) is 18.6. The Balaban J connectivity index is 1.35. The Kier molecular flexibility index (Phi) is 7.16. The summed E-state index contributed by atoms with van der Waals surface area (Å²) in [6, 6.07) is 15.7. The number of piperidine rings is 1. The van der Waals surface area contributed by atoms with E-state index in [-0.39, 0.29) is 0 Å². The monoisotopic (exact) mass is 518 g/mol. The fourth-order valence-corrected chi connectivity index (χ4v) is 5.74. The van der Waals surface area contributed by atoms with Gasteiger partial charge in [0.1, 0.15) is 12.4 Å². The smallest absolute Gasteiger partial charge is 0.131 e. The van der Waals surface area contributed by atoms with Crippen molar-refractivity contribution < 1.29 is 14.9 Å². The maximum atomic E-state index is 11.4. The van der Waals surface area contributed by atoms with E-state index in [1.807, 2.05) is 49.4 Å². The zero-order valence-electron chi connectivity index (χ0n) is 21.8. The summed E-state index contributed by atoms with van der Waals surface area (Å²) >= 11 is 6.13. The van der Waals surface area contributed by atoms with Gasteiger partial charge in [0, 0.05) is 42.0 Å². The minimum absolute atomic E-state index is 0.414. The topological polar surface area (TPSA) is 65.8 Å². The molecule has 194 valence electrons. The van der Waals surface area contributed by atoms with E-state index in [0.717, 1.165) is 70.9 Å². The van der Waals surface area contributed by atoms with Crippen molar-refractivity contribution in [2.75, 3.05) is 19.6 Å². The molecule has 0 bridgehead atoms. The number of pyridine rings is 1. The molecule has 2 aliphatic rings. The lowest BCUT2D eigenvalue weighted by Crippen LogP contribution is -2.43. The molecule has 0 aliphatic carbocycles. The first-order valence-corrected chi connectivity index (χ1v) is 13.4. The van der Waals surface area contributed by atoms with Crippen molar-refractivity contribution in [2.24, 2.45) is 0 Å². The quantitative estimate of drug-likeness (QED) is 0.435.